The lowest BCUT2D eigenvalue weighted by Gasteiger charge is -2.06. The molecular weight excluding hydrogens is 204 g/mol. The molecule has 2 heterocycles. The molecule has 2 nitrogen and oxygen atoms in total. The van der Waals surface area contributed by atoms with Crippen LogP contribution in [0.15, 0.2) is 10.8 Å². The average molecular weight is 218 g/mol. The molecular formula is C12H14N2S. The van der Waals surface area contributed by atoms with E-state index in [9.17, 15) is 0 Å². The molecule has 0 bridgehead atoms. The molecule has 78 valence electrons. The monoisotopic (exact) mass is 218 g/mol. The van der Waals surface area contributed by atoms with Crippen LogP contribution in [0.1, 0.15) is 22.5 Å². The van der Waals surface area contributed by atoms with Crippen molar-refractivity contribution in [1.29, 1.82) is 0 Å². The van der Waals surface area contributed by atoms with E-state index < -0.39 is 0 Å². The summed E-state index contributed by atoms with van der Waals surface area (Å²) in [4.78, 5) is 9.06. The molecule has 2 rings (SSSR count). The minimum Gasteiger partial charge on any atom is -0.233 e. The van der Waals surface area contributed by atoms with Crippen molar-refractivity contribution < 1.29 is 0 Å². The smallest absolute Gasteiger partial charge is 0.160 e. The van der Waals surface area contributed by atoms with Gasteiger partial charge in [0.25, 0.3) is 0 Å². The fraction of sp³-hybridized carbons (Fsp3) is 0.333. The molecule has 0 fully saturated rings. The molecule has 15 heavy (non-hydrogen) atoms. The molecule has 0 amide bonds. The molecule has 2 aromatic heterocycles. The first kappa shape index (κ1) is 10.3. The van der Waals surface area contributed by atoms with Gasteiger partial charge in [-0.05, 0) is 44.2 Å². The molecule has 0 N–H and O–H groups in total. The van der Waals surface area contributed by atoms with Crippen molar-refractivity contribution in [2.45, 2.75) is 27.7 Å². The summed E-state index contributed by atoms with van der Waals surface area (Å²) in [6, 6.07) is 0. The molecule has 0 aromatic carbocycles. The third kappa shape index (κ3) is 1.79. The molecule has 0 saturated carbocycles. The number of hydrogen-bond donors (Lipinski definition) is 0. The van der Waals surface area contributed by atoms with Crippen molar-refractivity contribution in [3.05, 3.63) is 33.3 Å². The van der Waals surface area contributed by atoms with Crippen molar-refractivity contribution in [2.24, 2.45) is 0 Å². The third-order valence-corrected chi connectivity index (χ3v) is 3.59. The highest BCUT2D eigenvalue weighted by Crippen LogP contribution is 2.24. The number of thiophene rings is 1. The van der Waals surface area contributed by atoms with Crippen molar-refractivity contribution >= 4 is 11.3 Å². The highest BCUT2D eigenvalue weighted by atomic mass is 32.1. The Kier molecular flexibility index (Phi) is 2.57. The zero-order valence-electron chi connectivity index (χ0n) is 9.46. The molecule has 2 aromatic rings. The highest BCUT2D eigenvalue weighted by molar-refractivity contribution is 7.08. The van der Waals surface area contributed by atoms with Gasteiger partial charge in [-0.15, -0.1) is 0 Å². The van der Waals surface area contributed by atoms with Gasteiger partial charge in [-0.2, -0.15) is 11.3 Å². The maximum atomic E-state index is 4.53. The van der Waals surface area contributed by atoms with Crippen LogP contribution in [0.4, 0.5) is 0 Å². The van der Waals surface area contributed by atoms with Gasteiger partial charge in [0.15, 0.2) is 5.82 Å². The van der Waals surface area contributed by atoms with E-state index in [4.69, 9.17) is 0 Å². The number of aromatic nitrogens is 2. The Balaban J connectivity index is 2.60. The van der Waals surface area contributed by atoms with Crippen molar-refractivity contribution in [3.63, 3.8) is 0 Å². The van der Waals surface area contributed by atoms with E-state index in [1.807, 2.05) is 13.8 Å². The summed E-state index contributed by atoms with van der Waals surface area (Å²) < 4.78 is 0. The lowest BCUT2D eigenvalue weighted by Crippen LogP contribution is -1.98. The van der Waals surface area contributed by atoms with Gasteiger partial charge in [0.2, 0.25) is 0 Å². The Morgan fingerprint density at radius 1 is 0.933 bits per heavy atom. The summed E-state index contributed by atoms with van der Waals surface area (Å²) in [6.45, 7) is 8.24. The summed E-state index contributed by atoms with van der Waals surface area (Å²) in [5, 5.41) is 4.24. The van der Waals surface area contributed by atoms with Crippen LogP contribution < -0.4 is 0 Å². The first-order valence-electron chi connectivity index (χ1n) is 4.94. The van der Waals surface area contributed by atoms with E-state index in [0.717, 1.165) is 22.8 Å². The van der Waals surface area contributed by atoms with Gasteiger partial charge in [0.1, 0.15) is 0 Å². The fourth-order valence-corrected chi connectivity index (χ4v) is 2.31. The number of rotatable bonds is 1. The second-order valence-corrected chi connectivity index (χ2v) is 4.56. The van der Waals surface area contributed by atoms with Crippen molar-refractivity contribution in [2.75, 3.05) is 0 Å². The summed E-state index contributed by atoms with van der Waals surface area (Å²) >= 11 is 1.70. The van der Waals surface area contributed by atoms with E-state index >= 15 is 0 Å². The Labute approximate surface area is 94.0 Å². The minimum absolute atomic E-state index is 0.856. The minimum atomic E-state index is 0.856. The van der Waals surface area contributed by atoms with Gasteiger partial charge in [-0.25, -0.2) is 9.97 Å². The van der Waals surface area contributed by atoms with Crippen molar-refractivity contribution in [3.8, 4) is 11.4 Å². The zero-order chi connectivity index (χ0) is 11.0. The van der Waals surface area contributed by atoms with E-state index in [1.54, 1.807) is 11.3 Å². The molecule has 0 aliphatic rings. The fourth-order valence-electron chi connectivity index (χ4n) is 1.48. The largest absolute Gasteiger partial charge is 0.233 e. The lowest BCUT2D eigenvalue weighted by atomic mass is 10.1. The van der Waals surface area contributed by atoms with Gasteiger partial charge in [0, 0.05) is 22.3 Å². The zero-order valence-corrected chi connectivity index (χ0v) is 10.3. The Morgan fingerprint density at radius 3 is 2.00 bits per heavy atom. The van der Waals surface area contributed by atoms with Gasteiger partial charge in [-0.3, -0.25) is 0 Å². The van der Waals surface area contributed by atoms with E-state index in [2.05, 4.69) is 34.6 Å². The van der Waals surface area contributed by atoms with Crippen LogP contribution in [-0.2, 0) is 0 Å². The van der Waals surface area contributed by atoms with Crippen LogP contribution >= 0.6 is 11.3 Å². The summed E-state index contributed by atoms with van der Waals surface area (Å²) in [7, 11) is 0. The standard InChI is InChI=1S/C12H14N2S/c1-7-5-15-6-11(7)12-13-9(3)8(2)10(4)14-12/h5-6H,1-4H3. The SMILES string of the molecule is Cc1cscc1-c1nc(C)c(C)c(C)n1. The maximum Gasteiger partial charge on any atom is 0.160 e. The molecule has 0 unspecified atom stereocenters. The molecule has 0 spiro atoms. The Hall–Kier alpha value is -1.22. The van der Waals surface area contributed by atoms with Gasteiger partial charge in [-0.1, -0.05) is 0 Å². The Bertz CT molecular complexity index is 477. The highest BCUT2D eigenvalue weighted by Gasteiger charge is 2.09. The van der Waals surface area contributed by atoms with Crippen LogP contribution in [0.3, 0.4) is 0 Å². The van der Waals surface area contributed by atoms with E-state index in [1.165, 1.54) is 11.1 Å². The first-order chi connectivity index (χ1) is 7.09. The predicted octanol–water partition coefficient (Wildman–Crippen LogP) is 3.44. The predicted molar refractivity (Wildman–Crippen MR) is 64.3 cm³/mol. The number of nitrogens with zero attached hydrogens (tertiary/aromatic N) is 2. The normalized spacial score (nSPS) is 10.7. The number of aryl methyl sites for hydroxylation is 3. The van der Waals surface area contributed by atoms with Gasteiger partial charge < -0.3 is 0 Å². The average Bonchev–Trinajstić information content (AvgIpc) is 2.60. The summed E-state index contributed by atoms with van der Waals surface area (Å²) in [5.74, 6) is 0.856. The van der Waals surface area contributed by atoms with Crippen LogP contribution in [0.25, 0.3) is 11.4 Å². The molecule has 0 atom stereocenters. The number of hydrogen-bond acceptors (Lipinski definition) is 3. The molecule has 0 radical (unpaired) electrons. The van der Waals surface area contributed by atoms with E-state index in [-0.39, 0.29) is 0 Å². The maximum absolute atomic E-state index is 4.53. The second-order valence-electron chi connectivity index (χ2n) is 3.81. The molecule has 0 aliphatic carbocycles. The summed E-state index contributed by atoms with van der Waals surface area (Å²) in [6.07, 6.45) is 0. The first-order valence-corrected chi connectivity index (χ1v) is 5.89. The quantitative estimate of drug-likeness (QED) is 0.732. The van der Waals surface area contributed by atoms with Crippen LogP contribution in [0, 0.1) is 27.7 Å². The topological polar surface area (TPSA) is 25.8 Å². The van der Waals surface area contributed by atoms with Crippen molar-refractivity contribution in [1.82, 2.24) is 9.97 Å². The van der Waals surface area contributed by atoms with Crippen LogP contribution in [-0.4, -0.2) is 9.97 Å². The van der Waals surface area contributed by atoms with Crippen LogP contribution in [0.2, 0.25) is 0 Å². The molecule has 0 aliphatic heterocycles. The van der Waals surface area contributed by atoms with Crippen LogP contribution in [0.5, 0.6) is 0 Å². The molecule has 3 heteroatoms. The third-order valence-electron chi connectivity index (χ3n) is 2.73. The van der Waals surface area contributed by atoms with Gasteiger partial charge in [0.05, 0.1) is 0 Å². The van der Waals surface area contributed by atoms with Gasteiger partial charge >= 0.3 is 0 Å². The van der Waals surface area contributed by atoms with E-state index in [0.29, 0.717) is 0 Å². The molecule has 0 saturated heterocycles. The Morgan fingerprint density at radius 2 is 1.53 bits per heavy atom. The lowest BCUT2D eigenvalue weighted by molar-refractivity contribution is 1.02. The summed E-state index contributed by atoms with van der Waals surface area (Å²) in [5.41, 5.74) is 5.74. The second kappa shape index (κ2) is 3.74.